The summed E-state index contributed by atoms with van der Waals surface area (Å²) in [5, 5.41) is 12.2. The van der Waals surface area contributed by atoms with Gasteiger partial charge in [0.1, 0.15) is 5.92 Å². The minimum Gasteiger partial charge on any atom is -0.325 e. The van der Waals surface area contributed by atoms with Crippen LogP contribution in [0.5, 0.6) is 0 Å². The molecule has 0 aromatic heterocycles. The van der Waals surface area contributed by atoms with Crippen LogP contribution >= 0.6 is 0 Å². The lowest BCUT2D eigenvalue weighted by atomic mass is 9.82. The zero-order valence-electron chi connectivity index (χ0n) is 12.3. The molecule has 0 saturated carbocycles. The van der Waals surface area contributed by atoms with Crippen LogP contribution in [0.2, 0.25) is 0 Å². The molecule has 0 saturated heterocycles. The standard InChI is InChI=1S/C19H16N2O/c1-13-7-9-14(10-8-13)16-11-18(15-5-3-2-4-6-15)21-19(22)17(16)12-20/h2-11,16-17H,1H3,(H,21,22). The predicted molar refractivity (Wildman–Crippen MR) is 85.6 cm³/mol. The van der Waals surface area contributed by atoms with Crippen LogP contribution < -0.4 is 5.32 Å². The maximum Gasteiger partial charge on any atom is 0.242 e. The summed E-state index contributed by atoms with van der Waals surface area (Å²) in [6.07, 6.45) is 1.98. The number of rotatable bonds is 2. The van der Waals surface area contributed by atoms with E-state index in [1.54, 1.807) is 0 Å². The number of hydrogen-bond donors (Lipinski definition) is 1. The van der Waals surface area contributed by atoms with E-state index < -0.39 is 5.92 Å². The molecule has 2 unspecified atom stereocenters. The van der Waals surface area contributed by atoms with Gasteiger partial charge in [-0.15, -0.1) is 0 Å². The molecule has 0 aliphatic carbocycles. The summed E-state index contributed by atoms with van der Waals surface area (Å²) in [6.45, 7) is 2.02. The monoisotopic (exact) mass is 288 g/mol. The molecule has 1 aliphatic rings. The number of nitrogens with one attached hydrogen (secondary N) is 1. The number of allylic oxidation sites excluding steroid dienone is 1. The molecule has 1 aliphatic heterocycles. The number of carbonyl (C=O) groups excluding carboxylic acids is 1. The molecular weight excluding hydrogens is 272 g/mol. The van der Waals surface area contributed by atoms with Gasteiger partial charge in [0.2, 0.25) is 5.91 Å². The van der Waals surface area contributed by atoms with Crippen LogP contribution in [0.3, 0.4) is 0 Å². The van der Waals surface area contributed by atoms with Gasteiger partial charge < -0.3 is 5.32 Å². The first-order chi connectivity index (χ1) is 10.7. The highest BCUT2D eigenvalue weighted by Crippen LogP contribution is 2.33. The molecular formula is C19H16N2O. The molecule has 3 nitrogen and oxygen atoms in total. The predicted octanol–water partition coefficient (Wildman–Crippen LogP) is 3.39. The van der Waals surface area contributed by atoms with Crippen molar-refractivity contribution in [1.82, 2.24) is 5.32 Å². The van der Waals surface area contributed by atoms with Gasteiger partial charge in [-0.2, -0.15) is 5.26 Å². The Morgan fingerprint density at radius 2 is 1.73 bits per heavy atom. The second kappa shape index (κ2) is 5.87. The van der Waals surface area contributed by atoms with Gasteiger partial charge in [-0.1, -0.05) is 66.2 Å². The first-order valence-electron chi connectivity index (χ1n) is 7.23. The van der Waals surface area contributed by atoms with Gasteiger partial charge in [-0.05, 0) is 18.1 Å². The summed E-state index contributed by atoms with van der Waals surface area (Å²) in [5.41, 5.74) is 3.86. The normalized spacial score (nSPS) is 20.7. The minimum absolute atomic E-state index is 0.227. The number of nitriles is 1. The summed E-state index contributed by atoms with van der Waals surface area (Å²) < 4.78 is 0. The highest BCUT2D eigenvalue weighted by atomic mass is 16.2. The Balaban J connectivity index is 2.05. The lowest BCUT2D eigenvalue weighted by Crippen LogP contribution is -2.36. The highest BCUT2D eigenvalue weighted by Gasteiger charge is 2.33. The highest BCUT2D eigenvalue weighted by molar-refractivity contribution is 5.93. The van der Waals surface area contributed by atoms with Crippen molar-refractivity contribution in [2.75, 3.05) is 0 Å². The zero-order chi connectivity index (χ0) is 15.5. The van der Waals surface area contributed by atoms with Gasteiger partial charge >= 0.3 is 0 Å². The van der Waals surface area contributed by atoms with Crippen molar-refractivity contribution in [2.24, 2.45) is 5.92 Å². The van der Waals surface area contributed by atoms with Crippen molar-refractivity contribution in [1.29, 1.82) is 5.26 Å². The third-order valence-corrected chi connectivity index (χ3v) is 3.93. The van der Waals surface area contributed by atoms with Crippen LogP contribution in [0.15, 0.2) is 60.7 Å². The maximum absolute atomic E-state index is 12.3. The van der Waals surface area contributed by atoms with Gasteiger partial charge in [0.05, 0.1) is 6.07 Å². The van der Waals surface area contributed by atoms with Gasteiger partial charge in [0, 0.05) is 11.6 Å². The average Bonchev–Trinajstić information content (AvgIpc) is 2.55. The Morgan fingerprint density at radius 3 is 2.36 bits per heavy atom. The zero-order valence-corrected chi connectivity index (χ0v) is 12.3. The van der Waals surface area contributed by atoms with Crippen LogP contribution in [0.25, 0.3) is 5.70 Å². The topological polar surface area (TPSA) is 52.9 Å². The maximum atomic E-state index is 12.3. The van der Waals surface area contributed by atoms with Crippen molar-refractivity contribution < 1.29 is 4.79 Å². The minimum atomic E-state index is -0.699. The Hall–Kier alpha value is -2.86. The van der Waals surface area contributed by atoms with Crippen molar-refractivity contribution in [2.45, 2.75) is 12.8 Å². The summed E-state index contributed by atoms with van der Waals surface area (Å²) in [5.74, 6) is -1.17. The summed E-state index contributed by atoms with van der Waals surface area (Å²) >= 11 is 0. The Morgan fingerprint density at radius 1 is 1.05 bits per heavy atom. The van der Waals surface area contributed by atoms with E-state index in [4.69, 9.17) is 0 Å². The van der Waals surface area contributed by atoms with Crippen molar-refractivity contribution in [3.63, 3.8) is 0 Å². The summed E-state index contributed by atoms with van der Waals surface area (Å²) in [4.78, 5) is 12.3. The SMILES string of the molecule is Cc1ccc(C2C=C(c3ccccc3)NC(=O)C2C#N)cc1. The van der Waals surface area contributed by atoms with E-state index in [0.29, 0.717) is 0 Å². The van der Waals surface area contributed by atoms with Crippen LogP contribution in [-0.2, 0) is 4.79 Å². The van der Waals surface area contributed by atoms with E-state index >= 15 is 0 Å². The molecule has 3 heteroatoms. The first kappa shape index (κ1) is 14.1. The molecule has 0 radical (unpaired) electrons. The Labute approximate surface area is 129 Å². The molecule has 3 rings (SSSR count). The van der Waals surface area contributed by atoms with Crippen LogP contribution in [0.1, 0.15) is 22.6 Å². The molecule has 2 atom stereocenters. The fourth-order valence-electron chi connectivity index (χ4n) is 2.69. The van der Waals surface area contributed by atoms with E-state index in [1.165, 1.54) is 0 Å². The lowest BCUT2D eigenvalue weighted by molar-refractivity contribution is -0.122. The van der Waals surface area contributed by atoms with Gasteiger partial charge in [0.15, 0.2) is 0 Å². The number of nitrogens with zero attached hydrogens (tertiary/aromatic N) is 1. The summed E-state index contributed by atoms with van der Waals surface area (Å²) in [6, 6.07) is 19.8. The fourth-order valence-corrected chi connectivity index (χ4v) is 2.69. The number of amides is 1. The molecule has 1 N–H and O–H groups in total. The van der Waals surface area contributed by atoms with Gasteiger partial charge in [-0.3, -0.25) is 4.79 Å². The van der Waals surface area contributed by atoms with Gasteiger partial charge in [-0.25, -0.2) is 0 Å². The second-order valence-electron chi connectivity index (χ2n) is 5.48. The van der Waals surface area contributed by atoms with Crippen LogP contribution in [0.4, 0.5) is 0 Å². The van der Waals surface area contributed by atoms with E-state index in [-0.39, 0.29) is 11.8 Å². The van der Waals surface area contributed by atoms with Crippen molar-refractivity contribution in [3.8, 4) is 6.07 Å². The summed E-state index contributed by atoms with van der Waals surface area (Å²) in [7, 11) is 0. The molecule has 2 aromatic rings. The van der Waals surface area contributed by atoms with Crippen molar-refractivity contribution in [3.05, 3.63) is 77.4 Å². The van der Waals surface area contributed by atoms with E-state index in [2.05, 4.69) is 11.4 Å². The first-order valence-corrected chi connectivity index (χ1v) is 7.23. The Kier molecular flexibility index (Phi) is 3.76. The molecule has 0 spiro atoms. The second-order valence-corrected chi connectivity index (χ2v) is 5.48. The number of carbonyl (C=O) groups is 1. The van der Waals surface area contributed by atoms with Crippen molar-refractivity contribution >= 4 is 11.6 Å². The Bertz CT molecular complexity index is 754. The number of hydrogen-bond acceptors (Lipinski definition) is 2. The molecule has 108 valence electrons. The quantitative estimate of drug-likeness (QED) is 0.921. The lowest BCUT2D eigenvalue weighted by Gasteiger charge is -2.26. The third kappa shape index (κ3) is 2.64. The smallest absolute Gasteiger partial charge is 0.242 e. The molecule has 0 bridgehead atoms. The van der Waals surface area contributed by atoms with E-state index in [9.17, 15) is 10.1 Å². The van der Waals surface area contributed by atoms with Gasteiger partial charge in [0.25, 0.3) is 0 Å². The number of aryl methyl sites for hydroxylation is 1. The third-order valence-electron chi connectivity index (χ3n) is 3.93. The molecule has 2 aromatic carbocycles. The van der Waals surface area contributed by atoms with Crippen LogP contribution in [-0.4, -0.2) is 5.91 Å². The van der Waals surface area contributed by atoms with E-state index in [1.807, 2.05) is 67.6 Å². The molecule has 0 fully saturated rings. The fraction of sp³-hybridized carbons (Fsp3) is 0.158. The van der Waals surface area contributed by atoms with Crippen LogP contribution in [0, 0.1) is 24.2 Å². The average molecular weight is 288 g/mol. The molecule has 22 heavy (non-hydrogen) atoms. The van der Waals surface area contributed by atoms with E-state index in [0.717, 1.165) is 22.4 Å². The molecule has 1 amide bonds. The molecule has 1 heterocycles. The number of benzene rings is 2. The largest absolute Gasteiger partial charge is 0.325 e.